The Labute approximate surface area is 226 Å². The largest absolute Gasteiger partial charge is 0.497 e. The molecule has 0 saturated carbocycles. The zero-order valence-electron chi connectivity index (χ0n) is 22.0. The first kappa shape index (κ1) is 31.1. The van der Waals surface area contributed by atoms with E-state index in [-0.39, 0.29) is 4.90 Å². The normalized spacial score (nSPS) is 12.0. The zero-order valence-corrected chi connectivity index (χ0v) is 22.8. The molecule has 13 nitrogen and oxygen atoms in total. The molecule has 0 aliphatic rings. The van der Waals surface area contributed by atoms with Crippen LogP contribution in [0.1, 0.15) is 20.8 Å². The van der Waals surface area contributed by atoms with Crippen molar-refractivity contribution in [3.8, 4) is 5.75 Å². The first-order valence-electron chi connectivity index (χ1n) is 11.7. The quantitative estimate of drug-likeness (QED) is 0.229. The number of hydroxylamine groups is 1. The molecule has 4 amide bonds. The minimum atomic E-state index is -4.10. The third kappa shape index (κ3) is 9.90. The number of hydrogen-bond donors (Lipinski definition) is 4. The molecule has 0 bridgehead atoms. The molecule has 0 aliphatic carbocycles. The lowest BCUT2D eigenvalue weighted by Gasteiger charge is -2.25. The number of anilines is 1. The standard InChI is InChI=1S/C25H32N4O9S/c1-25(2,3)38-24(33)26-14-22(31)29(17-8-6-5-7-9-17)15-21(30)27-20(23(32)28-34)16-39(35,36)19-12-10-18(37-4)11-13-19/h5-13,20,34H,14-16H2,1-4H3,(H,26,33)(H,27,30)(H,28,32). The summed E-state index contributed by atoms with van der Waals surface area (Å²) >= 11 is 0. The molecule has 4 N–H and O–H groups in total. The Kier molecular flexibility index (Phi) is 10.8. The van der Waals surface area contributed by atoms with Crippen molar-refractivity contribution in [3.63, 3.8) is 0 Å². The van der Waals surface area contributed by atoms with Crippen molar-refractivity contribution in [2.75, 3.05) is 30.9 Å². The molecule has 212 valence electrons. The summed E-state index contributed by atoms with van der Waals surface area (Å²) in [5, 5.41) is 13.7. The van der Waals surface area contributed by atoms with Crippen LogP contribution in [-0.2, 0) is 29.0 Å². The summed E-state index contributed by atoms with van der Waals surface area (Å²) in [6.07, 6.45) is -0.836. The van der Waals surface area contributed by atoms with E-state index in [2.05, 4.69) is 10.6 Å². The smallest absolute Gasteiger partial charge is 0.408 e. The first-order chi connectivity index (χ1) is 18.3. The van der Waals surface area contributed by atoms with Crippen molar-refractivity contribution in [2.24, 2.45) is 0 Å². The highest BCUT2D eigenvalue weighted by atomic mass is 32.2. The van der Waals surface area contributed by atoms with Gasteiger partial charge in [-0.25, -0.2) is 18.7 Å². The molecule has 0 heterocycles. The predicted octanol–water partition coefficient (Wildman–Crippen LogP) is 1.02. The van der Waals surface area contributed by atoms with Gasteiger partial charge in [0.25, 0.3) is 5.91 Å². The molecule has 0 spiro atoms. The van der Waals surface area contributed by atoms with Gasteiger partial charge in [0.1, 0.15) is 30.5 Å². The first-order valence-corrected chi connectivity index (χ1v) is 13.3. The molecule has 0 radical (unpaired) electrons. The Hall–Kier alpha value is -4.17. The van der Waals surface area contributed by atoms with Gasteiger partial charge >= 0.3 is 6.09 Å². The second kappa shape index (κ2) is 13.6. The minimum absolute atomic E-state index is 0.136. The number of benzene rings is 2. The number of carbonyl (C=O) groups excluding carboxylic acids is 4. The van der Waals surface area contributed by atoms with Crippen LogP contribution in [-0.4, -0.2) is 75.0 Å². The minimum Gasteiger partial charge on any atom is -0.497 e. The molecular weight excluding hydrogens is 532 g/mol. The van der Waals surface area contributed by atoms with Crippen molar-refractivity contribution in [3.05, 3.63) is 54.6 Å². The van der Waals surface area contributed by atoms with Gasteiger partial charge in [0.15, 0.2) is 9.84 Å². The van der Waals surface area contributed by atoms with E-state index in [9.17, 15) is 27.6 Å². The number of carbonyl (C=O) groups is 4. The van der Waals surface area contributed by atoms with Crippen LogP contribution in [0.4, 0.5) is 10.5 Å². The molecule has 39 heavy (non-hydrogen) atoms. The Bertz CT molecular complexity index is 1260. The van der Waals surface area contributed by atoms with Crippen molar-refractivity contribution in [1.29, 1.82) is 0 Å². The predicted molar refractivity (Wildman–Crippen MR) is 140 cm³/mol. The maximum Gasteiger partial charge on any atom is 0.408 e. The van der Waals surface area contributed by atoms with Gasteiger partial charge in [0.05, 0.1) is 17.8 Å². The van der Waals surface area contributed by atoms with Gasteiger partial charge in [-0.05, 0) is 57.2 Å². The number of rotatable bonds is 11. The van der Waals surface area contributed by atoms with Crippen LogP contribution in [0.15, 0.2) is 59.5 Å². The number of para-hydroxylation sites is 1. The molecule has 0 aliphatic heterocycles. The van der Waals surface area contributed by atoms with E-state index in [1.165, 1.54) is 36.9 Å². The number of alkyl carbamates (subject to hydrolysis) is 1. The monoisotopic (exact) mass is 564 g/mol. The Morgan fingerprint density at radius 2 is 1.62 bits per heavy atom. The molecule has 0 saturated heterocycles. The number of amides is 4. The van der Waals surface area contributed by atoms with Gasteiger partial charge < -0.3 is 25.0 Å². The number of nitrogens with zero attached hydrogens (tertiary/aromatic N) is 1. The second-order valence-corrected chi connectivity index (χ2v) is 11.3. The molecule has 1 unspecified atom stereocenters. The lowest BCUT2D eigenvalue weighted by Crippen LogP contribution is -2.53. The molecule has 14 heteroatoms. The van der Waals surface area contributed by atoms with Crippen LogP contribution >= 0.6 is 0 Å². The van der Waals surface area contributed by atoms with E-state index in [0.29, 0.717) is 11.4 Å². The number of hydrogen-bond acceptors (Lipinski definition) is 9. The summed E-state index contributed by atoms with van der Waals surface area (Å²) in [7, 11) is -2.69. The lowest BCUT2D eigenvalue weighted by molar-refractivity contribution is -0.133. The summed E-state index contributed by atoms with van der Waals surface area (Å²) < 4.78 is 35.9. The second-order valence-electron chi connectivity index (χ2n) is 9.22. The highest BCUT2D eigenvalue weighted by Crippen LogP contribution is 2.18. The van der Waals surface area contributed by atoms with Gasteiger partial charge in [-0.2, -0.15) is 0 Å². The summed E-state index contributed by atoms with van der Waals surface area (Å²) in [6, 6.07) is 11.7. The summed E-state index contributed by atoms with van der Waals surface area (Å²) in [5.74, 6) is -3.22. The van der Waals surface area contributed by atoms with E-state index in [1.807, 2.05) is 0 Å². The zero-order chi connectivity index (χ0) is 29.2. The number of ether oxygens (including phenoxy) is 2. The van der Waals surface area contributed by atoms with Gasteiger partial charge in [-0.15, -0.1) is 0 Å². The van der Waals surface area contributed by atoms with Crippen molar-refractivity contribution in [2.45, 2.75) is 37.3 Å². The molecule has 0 aromatic heterocycles. The molecular formula is C25H32N4O9S. The fraction of sp³-hybridized carbons (Fsp3) is 0.360. The summed E-state index contributed by atoms with van der Waals surface area (Å²) in [4.78, 5) is 51.0. The maximum absolute atomic E-state index is 12.9. The molecule has 2 aromatic carbocycles. The van der Waals surface area contributed by atoms with E-state index >= 15 is 0 Å². The van der Waals surface area contributed by atoms with Crippen LogP contribution < -0.4 is 25.8 Å². The van der Waals surface area contributed by atoms with E-state index in [4.69, 9.17) is 14.7 Å². The third-order valence-electron chi connectivity index (χ3n) is 5.02. The van der Waals surface area contributed by atoms with Gasteiger partial charge in [-0.3, -0.25) is 19.6 Å². The number of methoxy groups -OCH3 is 1. The lowest BCUT2D eigenvalue weighted by atomic mass is 10.2. The average molecular weight is 565 g/mol. The van der Waals surface area contributed by atoms with Crippen LogP contribution in [0.5, 0.6) is 5.75 Å². The van der Waals surface area contributed by atoms with Gasteiger partial charge in [-0.1, -0.05) is 18.2 Å². The van der Waals surface area contributed by atoms with Crippen molar-refractivity contribution < 1.29 is 42.3 Å². The fourth-order valence-corrected chi connectivity index (χ4v) is 4.65. The van der Waals surface area contributed by atoms with Crippen LogP contribution in [0.2, 0.25) is 0 Å². The van der Waals surface area contributed by atoms with Crippen molar-refractivity contribution >= 4 is 39.3 Å². The Morgan fingerprint density at radius 1 is 1.00 bits per heavy atom. The molecule has 2 aromatic rings. The Morgan fingerprint density at radius 3 is 2.15 bits per heavy atom. The van der Waals surface area contributed by atoms with E-state index in [1.54, 1.807) is 51.1 Å². The number of nitrogens with one attached hydrogen (secondary N) is 3. The third-order valence-corrected chi connectivity index (χ3v) is 6.78. The highest BCUT2D eigenvalue weighted by molar-refractivity contribution is 7.91. The van der Waals surface area contributed by atoms with Gasteiger partial charge in [0, 0.05) is 5.69 Å². The molecule has 2 rings (SSSR count). The Balaban J connectivity index is 2.18. The molecule has 0 fully saturated rings. The average Bonchev–Trinajstić information content (AvgIpc) is 2.89. The van der Waals surface area contributed by atoms with Crippen LogP contribution in [0.3, 0.4) is 0 Å². The molecule has 1 atom stereocenters. The summed E-state index contributed by atoms with van der Waals surface area (Å²) in [6.45, 7) is 3.83. The highest BCUT2D eigenvalue weighted by Gasteiger charge is 2.30. The topological polar surface area (TPSA) is 180 Å². The van der Waals surface area contributed by atoms with E-state index in [0.717, 1.165) is 4.90 Å². The summed E-state index contributed by atoms with van der Waals surface area (Å²) in [5.41, 5.74) is 0.854. The van der Waals surface area contributed by atoms with Gasteiger partial charge in [0.2, 0.25) is 11.8 Å². The van der Waals surface area contributed by atoms with Crippen LogP contribution in [0.25, 0.3) is 0 Å². The maximum atomic E-state index is 12.9. The van der Waals surface area contributed by atoms with Crippen LogP contribution in [0, 0.1) is 0 Å². The fourth-order valence-electron chi connectivity index (χ4n) is 3.23. The van der Waals surface area contributed by atoms with E-state index < -0.39 is 64.1 Å². The SMILES string of the molecule is COc1ccc(S(=O)(=O)CC(NC(=O)CN(C(=O)CNC(=O)OC(C)(C)C)c2ccccc2)C(=O)NO)cc1. The number of sulfone groups is 1. The van der Waals surface area contributed by atoms with Crippen molar-refractivity contribution in [1.82, 2.24) is 16.1 Å².